The fourth-order valence-corrected chi connectivity index (χ4v) is 4.27. The topological polar surface area (TPSA) is 67.2 Å². The maximum atomic E-state index is 13.5. The number of hydrazine groups is 1. The molecular formula is C23H31N3O4. The summed E-state index contributed by atoms with van der Waals surface area (Å²) in [7, 11) is 3.74. The van der Waals surface area contributed by atoms with Gasteiger partial charge < -0.3 is 18.8 Å². The Morgan fingerprint density at radius 2 is 1.93 bits per heavy atom. The van der Waals surface area contributed by atoms with Gasteiger partial charge in [-0.1, -0.05) is 0 Å². The van der Waals surface area contributed by atoms with Crippen molar-refractivity contribution in [2.45, 2.75) is 32.3 Å². The SMILES string of the molecule is CCOC1CCCc2oc(-c3ccc(OC)cc3)c(C(=O)NN3CCN(C)CC3)c21. The molecule has 4 rings (SSSR count). The Balaban J connectivity index is 1.71. The molecule has 1 aromatic heterocycles. The number of aryl methyl sites for hydroxylation is 1. The van der Waals surface area contributed by atoms with Gasteiger partial charge in [0.15, 0.2) is 0 Å². The minimum atomic E-state index is -0.123. The van der Waals surface area contributed by atoms with E-state index in [1.54, 1.807) is 7.11 Å². The maximum absolute atomic E-state index is 13.5. The zero-order chi connectivity index (χ0) is 21.1. The van der Waals surface area contributed by atoms with E-state index in [0.29, 0.717) is 17.9 Å². The highest BCUT2D eigenvalue weighted by Crippen LogP contribution is 2.42. The van der Waals surface area contributed by atoms with Crippen molar-refractivity contribution in [3.8, 4) is 17.1 Å². The predicted octanol–water partition coefficient (Wildman–Crippen LogP) is 3.26. The first-order valence-electron chi connectivity index (χ1n) is 10.8. The second kappa shape index (κ2) is 9.20. The van der Waals surface area contributed by atoms with Gasteiger partial charge >= 0.3 is 0 Å². The van der Waals surface area contributed by atoms with Gasteiger partial charge in [-0.2, -0.15) is 0 Å². The van der Waals surface area contributed by atoms with E-state index in [-0.39, 0.29) is 12.0 Å². The van der Waals surface area contributed by atoms with Crippen LogP contribution in [0.15, 0.2) is 28.7 Å². The molecule has 162 valence electrons. The van der Waals surface area contributed by atoms with Gasteiger partial charge in [0.1, 0.15) is 17.3 Å². The molecule has 1 amide bonds. The largest absolute Gasteiger partial charge is 0.497 e. The molecule has 1 aromatic carbocycles. The summed E-state index contributed by atoms with van der Waals surface area (Å²) < 4.78 is 17.6. The molecule has 2 aliphatic rings. The molecule has 2 heterocycles. The molecule has 7 heteroatoms. The lowest BCUT2D eigenvalue weighted by Gasteiger charge is -2.32. The molecule has 7 nitrogen and oxygen atoms in total. The summed E-state index contributed by atoms with van der Waals surface area (Å²) >= 11 is 0. The molecule has 1 N–H and O–H groups in total. The number of amides is 1. The van der Waals surface area contributed by atoms with E-state index in [0.717, 1.165) is 68.1 Å². The maximum Gasteiger partial charge on any atom is 0.269 e. The molecule has 1 aliphatic heterocycles. The highest BCUT2D eigenvalue weighted by molar-refractivity contribution is 6.01. The minimum absolute atomic E-state index is 0.109. The molecule has 1 atom stereocenters. The molecule has 1 aliphatic carbocycles. The molecular weight excluding hydrogens is 382 g/mol. The van der Waals surface area contributed by atoms with Crippen molar-refractivity contribution in [2.75, 3.05) is 46.9 Å². The van der Waals surface area contributed by atoms with Gasteiger partial charge in [-0.15, -0.1) is 0 Å². The van der Waals surface area contributed by atoms with Crippen molar-refractivity contribution in [2.24, 2.45) is 0 Å². The summed E-state index contributed by atoms with van der Waals surface area (Å²) in [4.78, 5) is 15.7. The van der Waals surface area contributed by atoms with E-state index < -0.39 is 0 Å². The first kappa shape index (κ1) is 20.9. The van der Waals surface area contributed by atoms with Crippen LogP contribution in [0.3, 0.4) is 0 Å². The van der Waals surface area contributed by atoms with Crippen molar-refractivity contribution >= 4 is 5.91 Å². The number of hydrogen-bond donors (Lipinski definition) is 1. The van der Waals surface area contributed by atoms with Crippen LogP contribution in [0.1, 0.15) is 47.6 Å². The Bertz CT molecular complexity index is 869. The smallest absolute Gasteiger partial charge is 0.269 e. The first-order chi connectivity index (χ1) is 14.6. The number of methoxy groups -OCH3 is 1. The van der Waals surface area contributed by atoms with Gasteiger partial charge in [-0.3, -0.25) is 10.2 Å². The Kier molecular flexibility index (Phi) is 6.41. The minimum Gasteiger partial charge on any atom is -0.497 e. The monoisotopic (exact) mass is 413 g/mol. The Hall–Kier alpha value is -2.35. The van der Waals surface area contributed by atoms with E-state index in [9.17, 15) is 4.79 Å². The van der Waals surface area contributed by atoms with Crippen LogP contribution in [0, 0.1) is 0 Å². The number of benzene rings is 1. The summed E-state index contributed by atoms with van der Waals surface area (Å²) in [6, 6.07) is 7.65. The molecule has 0 spiro atoms. The van der Waals surface area contributed by atoms with E-state index in [1.165, 1.54) is 0 Å². The molecule has 0 radical (unpaired) electrons. The lowest BCUT2D eigenvalue weighted by atomic mass is 9.90. The van der Waals surface area contributed by atoms with Crippen molar-refractivity contribution in [1.82, 2.24) is 15.3 Å². The average molecular weight is 414 g/mol. The van der Waals surface area contributed by atoms with Gasteiger partial charge in [-0.25, -0.2) is 5.01 Å². The van der Waals surface area contributed by atoms with Crippen LogP contribution >= 0.6 is 0 Å². The number of carbonyl (C=O) groups excluding carboxylic acids is 1. The number of nitrogens with zero attached hydrogens (tertiary/aromatic N) is 2. The zero-order valence-electron chi connectivity index (χ0n) is 18.1. The third-order valence-electron chi connectivity index (χ3n) is 5.92. The Labute approximate surface area is 177 Å². The number of nitrogens with one attached hydrogen (secondary N) is 1. The molecule has 30 heavy (non-hydrogen) atoms. The molecule has 0 saturated carbocycles. The Morgan fingerprint density at radius 1 is 1.20 bits per heavy atom. The van der Waals surface area contributed by atoms with Crippen LogP contribution in [-0.4, -0.2) is 62.8 Å². The number of likely N-dealkylation sites (N-methyl/N-ethyl adjacent to an activating group) is 1. The standard InChI is InChI=1S/C23H31N3O4/c1-4-29-18-6-5-7-19-20(18)21(23(27)24-26-14-12-25(2)13-15-26)22(30-19)16-8-10-17(28-3)11-9-16/h8-11,18H,4-7,12-15H2,1-3H3,(H,24,27). The van der Waals surface area contributed by atoms with Gasteiger partial charge in [0.2, 0.25) is 0 Å². The number of ether oxygens (including phenoxy) is 2. The van der Waals surface area contributed by atoms with Crippen molar-refractivity contribution < 1.29 is 18.7 Å². The van der Waals surface area contributed by atoms with Crippen LogP contribution < -0.4 is 10.2 Å². The van der Waals surface area contributed by atoms with Crippen LogP contribution in [0.2, 0.25) is 0 Å². The normalized spacial score (nSPS) is 20.0. The lowest BCUT2D eigenvalue weighted by Crippen LogP contribution is -2.52. The third kappa shape index (κ3) is 4.24. The second-order valence-electron chi connectivity index (χ2n) is 7.94. The van der Waals surface area contributed by atoms with Gasteiger partial charge in [0, 0.05) is 50.3 Å². The molecule has 2 aromatic rings. The zero-order valence-corrected chi connectivity index (χ0v) is 18.1. The van der Waals surface area contributed by atoms with Crippen LogP contribution in [0.4, 0.5) is 0 Å². The van der Waals surface area contributed by atoms with E-state index in [1.807, 2.05) is 36.2 Å². The molecule has 1 unspecified atom stereocenters. The highest BCUT2D eigenvalue weighted by Gasteiger charge is 2.34. The number of rotatable bonds is 6. The molecule has 0 bridgehead atoms. The number of hydrogen-bond acceptors (Lipinski definition) is 6. The van der Waals surface area contributed by atoms with Crippen LogP contribution in [-0.2, 0) is 11.2 Å². The van der Waals surface area contributed by atoms with E-state index in [4.69, 9.17) is 13.9 Å². The van der Waals surface area contributed by atoms with Crippen molar-refractivity contribution in [3.05, 3.63) is 41.2 Å². The number of furan rings is 1. The third-order valence-corrected chi connectivity index (χ3v) is 5.92. The molecule has 1 fully saturated rings. The summed E-state index contributed by atoms with van der Waals surface area (Å²) in [6.07, 6.45) is 2.61. The highest BCUT2D eigenvalue weighted by atomic mass is 16.5. The fraction of sp³-hybridized carbons (Fsp3) is 0.522. The number of fused-ring (bicyclic) bond motifs is 1. The average Bonchev–Trinajstić information content (AvgIpc) is 3.16. The van der Waals surface area contributed by atoms with Crippen molar-refractivity contribution in [1.29, 1.82) is 0 Å². The Morgan fingerprint density at radius 3 is 2.60 bits per heavy atom. The second-order valence-corrected chi connectivity index (χ2v) is 7.94. The van der Waals surface area contributed by atoms with E-state index >= 15 is 0 Å². The van der Waals surface area contributed by atoms with Crippen molar-refractivity contribution in [3.63, 3.8) is 0 Å². The number of piperazine rings is 1. The quantitative estimate of drug-likeness (QED) is 0.784. The first-order valence-corrected chi connectivity index (χ1v) is 10.8. The predicted molar refractivity (Wildman–Crippen MR) is 115 cm³/mol. The van der Waals surface area contributed by atoms with Crippen LogP contribution in [0.5, 0.6) is 5.75 Å². The van der Waals surface area contributed by atoms with Gasteiger partial charge in [0.05, 0.1) is 18.8 Å². The summed E-state index contributed by atoms with van der Waals surface area (Å²) in [5.74, 6) is 2.13. The van der Waals surface area contributed by atoms with Gasteiger partial charge in [0.25, 0.3) is 5.91 Å². The molecule has 1 saturated heterocycles. The van der Waals surface area contributed by atoms with E-state index in [2.05, 4.69) is 17.4 Å². The summed E-state index contributed by atoms with van der Waals surface area (Å²) in [5.41, 5.74) is 5.50. The summed E-state index contributed by atoms with van der Waals surface area (Å²) in [6.45, 7) is 6.05. The lowest BCUT2D eigenvalue weighted by molar-refractivity contribution is 0.0461. The van der Waals surface area contributed by atoms with Crippen LogP contribution in [0.25, 0.3) is 11.3 Å². The fourth-order valence-electron chi connectivity index (χ4n) is 4.27. The summed E-state index contributed by atoms with van der Waals surface area (Å²) in [5, 5.41) is 2.00. The van der Waals surface area contributed by atoms with Gasteiger partial charge in [-0.05, 0) is 51.1 Å². The number of carbonyl (C=O) groups is 1.